The first-order valence-electron chi connectivity index (χ1n) is 7.68. The molecule has 10 heteroatoms. The second-order valence-electron chi connectivity index (χ2n) is 5.29. The molecule has 3 aromatic heterocycles. The normalized spacial score (nSPS) is 12.2. The molecule has 27 heavy (non-hydrogen) atoms. The molecule has 0 saturated heterocycles. The lowest BCUT2D eigenvalue weighted by molar-refractivity contribution is 0.404. The van der Waals surface area contributed by atoms with E-state index in [-0.39, 0.29) is 5.56 Å². The van der Waals surface area contributed by atoms with Gasteiger partial charge in [-0.05, 0) is 18.3 Å². The zero-order valence-corrected chi connectivity index (χ0v) is 15.3. The van der Waals surface area contributed by atoms with Gasteiger partial charge >= 0.3 is 0 Å². The molecule has 0 aliphatic rings. The molecule has 0 fully saturated rings. The van der Waals surface area contributed by atoms with Crippen molar-refractivity contribution in [1.29, 1.82) is 0 Å². The number of ether oxygens (including phenoxy) is 1. The van der Waals surface area contributed by atoms with E-state index < -0.39 is 17.6 Å². The molecule has 0 radical (unpaired) electrons. The Kier molecular flexibility index (Phi) is 5.26. The van der Waals surface area contributed by atoms with Gasteiger partial charge in [-0.25, -0.2) is 9.37 Å². The first-order chi connectivity index (χ1) is 13.0. The van der Waals surface area contributed by atoms with Gasteiger partial charge in [0, 0.05) is 19.3 Å². The first-order valence-corrected chi connectivity index (χ1v) is 8.50. The van der Waals surface area contributed by atoms with Crippen LogP contribution in [-0.2, 0) is 0 Å². The van der Waals surface area contributed by atoms with Gasteiger partial charge in [-0.15, -0.1) is 0 Å². The topological polar surface area (TPSA) is 104 Å². The van der Waals surface area contributed by atoms with E-state index >= 15 is 0 Å². The molecule has 0 aromatic carbocycles. The second-order valence-corrected chi connectivity index (χ2v) is 6.36. The number of aliphatic imine (C=N–C) groups is 1. The third kappa shape index (κ3) is 3.56. The lowest BCUT2D eigenvalue weighted by atomic mass is 10.2. The quantitative estimate of drug-likeness (QED) is 0.307. The number of aromatic nitrogens is 3. The Morgan fingerprint density at radius 3 is 2.81 bits per heavy atom. The van der Waals surface area contributed by atoms with Crippen LogP contribution < -0.4 is 16.2 Å². The minimum atomic E-state index is -0.886. The molecule has 0 unspecified atom stereocenters. The highest BCUT2D eigenvalue weighted by atomic mass is 32.2. The highest BCUT2D eigenvalue weighted by Gasteiger charge is 2.17. The van der Waals surface area contributed by atoms with Crippen LogP contribution in [0.4, 0.5) is 14.6 Å². The molecule has 0 atom stereocenters. The summed E-state index contributed by atoms with van der Waals surface area (Å²) in [5.41, 5.74) is 11.5. The zero-order valence-electron chi connectivity index (χ0n) is 14.5. The number of nitrogen functional groups attached to an aromatic ring is 1. The molecule has 0 spiro atoms. The fraction of sp³-hybridized carbons (Fsp3) is 0.118. The number of methoxy groups -OCH3 is 1. The van der Waals surface area contributed by atoms with Crippen LogP contribution in [0.2, 0.25) is 0 Å². The third-order valence-corrected chi connectivity index (χ3v) is 4.76. The fourth-order valence-electron chi connectivity index (χ4n) is 2.43. The number of thioether (sulfide) groups is 1. The summed E-state index contributed by atoms with van der Waals surface area (Å²) in [5.74, 6) is -1.64. The Morgan fingerprint density at radius 1 is 1.37 bits per heavy atom. The first kappa shape index (κ1) is 18.6. The lowest BCUT2D eigenvalue weighted by Gasteiger charge is -2.11. The number of pyridine rings is 2. The van der Waals surface area contributed by atoms with E-state index in [4.69, 9.17) is 16.2 Å². The molecular weight excluding hydrogens is 374 g/mol. The minimum absolute atomic E-state index is 0.0541. The summed E-state index contributed by atoms with van der Waals surface area (Å²) in [7, 11) is 3.16. The van der Waals surface area contributed by atoms with Gasteiger partial charge in [0.25, 0.3) is 0 Å². The van der Waals surface area contributed by atoms with E-state index in [0.717, 1.165) is 6.07 Å². The number of hydrogen-bond acceptors (Lipinski definition) is 7. The number of rotatable bonds is 4. The maximum absolute atomic E-state index is 14.3. The summed E-state index contributed by atoms with van der Waals surface area (Å²) in [6, 6.07) is 2.68. The van der Waals surface area contributed by atoms with Crippen LogP contribution in [0.15, 0.2) is 46.7 Å². The van der Waals surface area contributed by atoms with Crippen LogP contribution in [0, 0.1) is 11.8 Å². The van der Waals surface area contributed by atoms with Crippen molar-refractivity contribution in [3.8, 4) is 17.0 Å². The van der Waals surface area contributed by atoms with Crippen molar-refractivity contribution < 1.29 is 13.5 Å². The second kappa shape index (κ2) is 7.62. The highest BCUT2D eigenvalue weighted by Crippen LogP contribution is 2.34. The van der Waals surface area contributed by atoms with Crippen LogP contribution in [-0.4, -0.2) is 33.6 Å². The smallest absolute Gasteiger partial charge is 0.224 e. The van der Waals surface area contributed by atoms with Gasteiger partial charge in [-0.2, -0.15) is 9.37 Å². The van der Waals surface area contributed by atoms with Crippen LogP contribution >= 0.6 is 11.8 Å². The predicted octanol–water partition coefficient (Wildman–Crippen LogP) is 2.86. The molecule has 3 heterocycles. The molecule has 140 valence electrons. The van der Waals surface area contributed by atoms with Crippen LogP contribution in [0.3, 0.4) is 0 Å². The minimum Gasteiger partial charge on any atom is -0.495 e. The van der Waals surface area contributed by atoms with Crippen molar-refractivity contribution in [3.63, 3.8) is 0 Å². The Balaban J connectivity index is 2.17. The van der Waals surface area contributed by atoms with E-state index in [1.165, 1.54) is 31.3 Å². The summed E-state index contributed by atoms with van der Waals surface area (Å²) < 4.78 is 35.1. The van der Waals surface area contributed by atoms with E-state index in [0.29, 0.717) is 27.0 Å². The number of anilines is 1. The summed E-state index contributed by atoms with van der Waals surface area (Å²) in [4.78, 5) is 12.5. The average molecular weight is 390 g/mol. The van der Waals surface area contributed by atoms with Gasteiger partial charge in [0.15, 0.2) is 11.6 Å². The molecule has 0 aliphatic carbocycles. The van der Waals surface area contributed by atoms with Crippen molar-refractivity contribution in [1.82, 2.24) is 14.4 Å². The fourth-order valence-corrected chi connectivity index (χ4v) is 3.29. The Labute approximate surface area is 157 Å². The van der Waals surface area contributed by atoms with Crippen molar-refractivity contribution in [2.45, 2.75) is 4.90 Å². The highest BCUT2D eigenvalue weighted by molar-refractivity contribution is 8.14. The molecule has 7 nitrogen and oxygen atoms in total. The maximum atomic E-state index is 14.3. The van der Waals surface area contributed by atoms with E-state index in [1.54, 1.807) is 29.8 Å². The Morgan fingerprint density at radius 2 is 2.15 bits per heavy atom. The van der Waals surface area contributed by atoms with Crippen LogP contribution in [0.5, 0.6) is 5.75 Å². The monoisotopic (exact) mass is 390 g/mol. The van der Waals surface area contributed by atoms with Gasteiger partial charge in [0.05, 0.1) is 34.5 Å². The van der Waals surface area contributed by atoms with Gasteiger partial charge in [-0.1, -0.05) is 11.8 Å². The Bertz CT molecular complexity index is 1060. The van der Waals surface area contributed by atoms with Crippen molar-refractivity contribution in [2.24, 2.45) is 10.7 Å². The van der Waals surface area contributed by atoms with Crippen molar-refractivity contribution >= 4 is 28.3 Å². The van der Waals surface area contributed by atoms with E-state index in [1.807, 2.05) is 0 Å². The SMILES string of the molecule is CN=C(/C=C\N)Sc1cn2c(-c3cc(F)c(N)nc3F)cnc2cc1OC. The Hall–Kier alpha value is -3.14. The summed E-state index contributed by atoms with van der Waals surface area (Å²) >= 11 is 1.30. The maximum Gasteiger partial charge on any atom is 0.224 e. The van der Waals surface area contributed by atoms with Crippen LogP contribution in [0.25, 0.3) is 16.9 Å². The van der Waals surface area contributed by atoms with E-state index in [2.05, 4.69) is 15.0 Å². The van der Waals surface area contributed by atoms with Crippen LogP contribution in [0.1, 0.15) is 0 Å². The molecule has 3 aromatic rings. The van der Waals surface area contributed by atoms with Gasteiger partial charge in [0.1, 0.15) is 11.4 Å². The molecule has 4 N–H and O–H groups in total. The predicted molar refractivity (Wildman–Crippen MR) is 102 cm³/mol. The lowest BCUT2D eigenvalue weighted by Crippen LogP contribution is -2.01. The third-order valence-electron chi connectivity index (χ3n) is 3.70. The number of fused-ring (bicyclic) bond motifs is 1. The zero-order chi connectivity index (χ0) is 19.6. The molecule has 0 amide bonds. The average Bonchev–Trinajstić information content (AvgIpc) is 3.06. The molecule has 3 rings (SSSR count). The van der Waals surface area contributed by atoms with Gasteiger partial charge in [-0.3, -0.25) is 9.39 Å². The number of halogens is 2. The van der Waals surface area contributed by atoms with Crippen molar-refractivity contribution in [3.05, 3.63) is 48.6 Å². The molecule has 0 bridgehead atoms. The summed E-state index contributed by atoms with van der Waals surface area (Å²) in [5, 5.41) is 0.642. The number of nitrogens with two attached hydrogens (primary N) is 2. The summed E-state index contributed by atoms with van der Waals surface area (Å²) in [6.07, 6.45) is 6.14. The largest absolute Gasteiger partial charge is 0.495 e. The van der Waals surface area contributed by atoms with Gasteiger partial charge < -0.3 is 16.2 Å². The number of hydrogen-bond donors (Lipinski definition) is 2. The van der Waals surface area contributed by atoms with E-state index in [9.17, 15) is 8.78 Å². The summed E-state index contributed by atoms with van der Waals surface area (Å²) in [6.45, 7) is 0. The molecule has 0 aliphatic heterocycles. The number of imidazole rings is 1. The molecule has 0 saturated carbocycles. The van der Waals surface area contributed by atoms with Gasteiger partial charge in [0.2, 0.25) is 5.95 Å². The molecular formula is C17H16F2N6OS. The number of nitrogens with zero attached hydrogens (tertiary/aromatic N) is 4. The standard InChI is InChI=1S/C17H16F2N6OS/c1-22-15(3-4-20)27-13-8-25-11(7-23-14(25)6-12(13)26-2)9-5-10(18)17(21)24-16(9)19/h3-8H,20H2,1-2H3,(H2,21,24)/b4-3-,22-15?. The van der Waals surface area contributed by atoms with Crippen molar-refractivity contribution in [2.75, 3.05) is 19.9 Å².